The summed E-state index contributed by atoms with van der Waals surface area (Å²) in [5.41, 5.74) is 1.31. The van der Waals surface area contributed by atoms with Crippen LogP contribution in [0.1, 0.15) is 29.5 Å². The third-order valence-electron chi connectivity index (χ3n) is 8.18. The van der Waals surface area contributed by atoms with Crippen molar-refractivity contribution in [1.29, 1.82) is 0 Å². The number of nitrogens with zero attached hydrogens (tertiary/aromatic N) is 3. The number of anilines is 1. The van der Waals surface area contributed by atoms with Crippen LogP contribution in [0, 0.1) is 17.5 Å². The van der Waals surface area contributed by atoms with Crippen LogP contribution in [0.4, 0.5) is 32.0 Å². The molecule has 0 unspecified atom stereocenters. The van der Waals surface area contributed by atoms with Crippen LogP contribution in [-0.2, 0) is 19.1 Å². The Kier molecular flexibility index (Phi) is 8.35. The normalized spacial score (nSPS) is 14.5. The Labute approximate surface area is 250 Å². The molecular formula is C34H30F6N4. The van der Waals surface area contributed by atoms with Gasteiger partial charge in [0.25, 0.3) is 0 Å². The number of piperidine rings is 1. The van der Waals surface area contributed by atoms with Gasteiger partial charge in [0.15, 0.2) is 0 Å². The van der Waals surface area contributed by atoms with Gasteiger partial charge >= 0.3 is 6.18 Å². The number of aromatic nitrogens is 2. The molecule has 1 aliphatic heterocycles. The van der Waals surface area contributed by atoms with Crippen molar-refractivity contribution < 1.29 is 26.3 Å². The van der Waals surface area contributed by atoms with Gasteiger partial charge in [-0.2, -0.15) is 18.3 Å². The summed E-state index contributed by atoms with van der Waals surface area (Å²) < 4.78 is 85.5. The van der Waals surface area contributed by atoms with Gasteiger partial charge in [-0.1, -0.05) is 54.6 Å². The number of benzene rings is 4. The Morgan fingerprint density at radius 2 is 1.50 bits per heavy atom. The van der Waals surface area contributed by atoms with Crippen molar-refractivity contribution in [3.05, 3.63) is 119 Å². The molecule has 0 atom stereocenters. The molecule has 10 heteroatoms. The topological polar surface area (TPSA) is 33.1 Å². The molecule has 1 saturated heterocycles. The molecule has 44 heavy (non-hydrogen) atoms. The summed E-state index contributed by atoms with van der Waals surface area (Å²) in [6.45, 7) is 2.08. The molecule has 4 nitrogen and oxygen atoms in total. The number of halogens is 6. The SMILES string of the molecule is Fc1cc(F)c(Cn2nc3c(C(F)(F)F)cccc3c2-c2ccc(N3CCC(NCCc4ccccc4)CC3)cc2)c(F)c1. The monoisotopic (exact) mass is 608 g/mol. The van der Waals surface area contributed by atoms with Crippen LogP contribution >= 0.6 is 0 Å². The molecule has 2 heterocycles. The first-order valence-corrected chi connectivity index (χ1v) is 14.5. The molecule has 228 valence electrons. The van der Waals surface area contributed by atoms with E-state index in [2.05, 4.69) is 27.4 Å². The standard InChI is InChI=1S/C34H30F6N4/c35-24-19-30(36)28(31(37)20-24)21-44-33(27-7-4-8-29(32(27)42-44)34(38,39)40)23-9-11-26(12-10-23)43-17-14-25(15-18-43)41-16-13-22-5-2-1-3-6-22/h1-12,19-20,25,41H,13-18,21H2. The number of rotatable bonds is 8. The van der Waals surface area contributed by atoms with Crippen LogP contribution in [-0.4, -0.2) is 35.5 Å². The van der Waals surface area contributed by atoms with E-state index in [0.29, 0.717) is 23.7 Å². The molecule has 6 rings (SSSR count). The smallest absolute Gasteiger partial charge is 0.371 e. The highest BCUT2D eigenvalue weighted by atomic mass is 19.4. The fraction of sp³-hybridized carbons (Fsp3) is 0.265. The molecule has 0 radical (unpaired) electrons. The molecule has 1 aromatic heterocycles. The van der Waals surface area contributed by atoms with Gasteiger partial charge in [-0.25, -0.2) is 13.2 Å². The quantitative estimate of drug-likeness (QED) is 0.181. The van der Waals surface area contributed by atoms with Gasteiger partial charge < -0.3 is 10.2 Å². The van der Waals surface area contributed by atoms with Gasteiger partial charge in [0, 0.05) is 53.5 Å². The van der Waals surface area contributed by atoms with E-state index in [1.807, 2.05) is 30.3 Å². The second kappa shape index (κ2) is 12.4. The first-order chi connectivity index (χ1) is 21.2. The second-order valence-corrected chi connectivity index (χ2v) is 11.1. The van der Waals surface area contributed by atoms with Crippen molar-refractivity contribution in [2.75, 3.05) is 24.5 Å². The van der Waals surface area contributed by atoms with Crippen molar-refractivity contribution in [1.82, 2.24) is 15.1 Å². The van der Waals surface area contributed by atoms with Gasteiger partial charge in [0.05, 0.1) is 17.8 Å². The number of nitrogens with one attached hydrogen (secondary N) is 1. The van der Waals surface area contributed by atoms with Gasteiger partial charge in [-0.3, -0.25) is 4.68 Å². The Hall–Kier alpha value is -4.31. The average Bonchev–Trinajstić information content (AvgIpc) is 3.37. The fourth-order valence-electron chi connectivity index (χ4n) is 5.91. The molecule has 0 saturated carbocycles. The maximum absolute atomic E-state index is 14.6. The van der Waals surface area contributed by atoms with Crippen molar-refractivity contribution in [2.45, 2.75) is 38.0 Å². The third kappa shape index (κ3) is 6.31. The zero-order chi connectivity index (χ0) is 30.8. The molecule has 1 N–H and O–H groups in total. The van der Waals surface area contributed by atoms with Gasteiger partial charge in [0.1, 0.15) is 23.0 Å². The van der Waals surface area contributed by atoms with Crippen LogP contribution in [0.5, 0.6) is 0 Å². The lowest BCUT2D eigenvalue weighted by molar-refractivity contribution is -0.136. The molecule has 0 bridgehead atoms. The summed E-state index contributed by atoms with van der Waals surface area (Å²) in [6, 6.07) is 22.9. The zero-order valence-electron chi connectivity index (χ0n) is 23.7. The lowest BCUT2D eigenvalue weighted by Crippen LogP contribution is -2.43. The summed E-state index contributed by atoms with van der Waals surface area (Å²) in [4.78, 5) is 2.26. The number of hydrogen-bond acceptors (Lipinski definition) is 3. The minimum atomic E-state index is -4.69. The molecular weight excluding hydrogens is 578 g/mol. The molecule has 4 aromatic carbocycles. The van der Waals surface area contributed by atoms with Crippen molar-refractivity contribution in [3.8, 4) is 11.3 Å². The Bertz CT molecular complexity index is 1720. The number of fused-ring (bicyclic) bond motifs is 1. The summed E-state index contributed by atoms with van der Waals surface area (Å²) in [5.74, 6) is -3.37. The van der Waals surface area contributed by atoms with Crippen LogP contribution in [0.2, 0.25) is 0 Å². The van der Waals surface area contributed by atoms with Crippen molar-refractivity contribution in [2.24, 2.45) is 0 Å². The van der Waals surface area contributed by atoms with E-state index in [-0.39, 0.29) is 16.6 Å². The average molecular weight is 609 g/mol. The number of alkyl halides is 3. The van der Waals surface area contributed by atoms with E-state index in [1.165, 1.54) is 17.7 Å². The van der Waals surface area contributed by atoms with Crippen molar-refractivity contribution >= 4 is 16.6 Å². The summed E-state index contributed by atoms with van der Waals surface area (Å²) in [6.07, 6.45) is -1.76. The van der Waals surface area contributed by atoms with E-state index in [0.717, 1.165) is 55.3 Å². The summed E-state index contributed by atoms with van der Waals surface area (Å²) in [7, 11) is 0. The maximum Gasteiger partial charge on any atom is 0.418 e. The molecule has 0 amide bonds. The zero-order valence-corrected chi connectivity index (χ0v) is 23.7. The van der Waals surface area contributed by atoms with E-state index in [4.69, 9.17) is 0 Å². The highest BCUT2D eigenvalue weighted by Gasteiger charge is 2.35. The lowest BCUT2D eigenvalue weighted by atomic mass is 10.0. The molecule has 1 aliphatic rings. The van der Waals surface area contributed by atoms with Crippen LogP contribution in [0.15, 0.2) is 84.9 Å². The maximum atomic E-state index is 14.6. The van der Waals surface area contributed by atoms with Crippen molar-refractivity contribution in [3.63, 3.8) is 0 Å². The van der Waals surface area contributed by atoms with E-state index >= 15 is 0 Å². The molecule has 5 aromatic rings. The minimum Gasteiger partial charge on any atom is -0.371 e. The van der Waals surface area contributed by atoms with Crippen LogP contribution in [0.25, 0.3) is 22.2 Å². The van der Waals surface area contributed by atoms with E-state index in [1.54, 1.807) is 12.1 Å². The highest BCUT2D eigenvalue weighted by molar-refractivity contribution is 5.95. The highest BCUT2D eigenvalue weighted by Crippen LogP contribution is 2.39. The molecule has 0 aliphatic carbocycles. The Morgan fingerprint density at radius 3 is 2.16 bits per heavy atom. The summed E-state index contributed by atoms with van der Waals surface area (Å²) >= 11 is 0. The van der Waals surface area contributed by atoms with Gasteiger partial charge in [-0.05, 0) is 49.6 Å². The van der Waals surface area contributed by atoms with Crippen LogP contribution in [0.3, 0.4) is 0 Å². The fourth-order valence-corrected chi connectivity index (χ4v) is 5.91. The van der Waals surface area contributed by atoms with Gasteiger partial charge in [-0.15, -0.1) is 0 Å². The lowest BCUT2D eigenvalue weighted by Gasteiger charge is -2.34. The summed E-state index contributed by atoms with van der Waals surface area (Å²) in [5, 5.41) is 8.01. The Balaban J connectivity index is 1.23. The molecule has 1 fully saturated rings. The molecule has 0 spiro atoms. The Morgan fingerprint density at radius 1 is 0.818 bits per heavy atom. The third-order valence-corrected chi connectivity index (χ3v) is 8.18. The minimum absolute atomic E-state index is 0.192. The number of hydrogen-bond donors (Lipinski definition) is 1. The van der Waals surface area contributed by atoms with Gasteiger partial charge in [0.2, 0.25) is 0 Å². The van der Waals surface area contributed by atoms with E-state index < -0.39 is 41.3 Å². The first-order valence-electron chi connectivity index (χ1n) is 14.5. The van der Waals surface area contributed by atoms with Crippen LogP contribution < -0.4 is 10.2 Å². The second-order valence-electron chi connectivity index (χ2n) is 11.1. The van der Waals surface area contributed by atoms with E-state index in [9.17, 15) is 26.3 Å². The largest absolute Gasteiger partial charge is 0.418 e. The predicted octanol–water partition coefficient (Wildman–Crippen LogP) is 7.99. The first kappa shape index (κ1) is 29.7. The predicted molar refractivity (Wildman–Crippen MR) is 159 cm³/mol.